The summed E-state index contributed by atoms with van der Waals surface area (Å²) >= 11 is 14.1. The summed E-state index contributed by atoms with van der Waals surface area (Å²) in [5.41, 5.74) is 13.9. The van der Waals surface area contributed by atoms with E-state index in [0.29, 0.717) is 37.9 Å². The molecule has 0 saturated heterocycles. The zero-order valence-electron chi connectivity index (χ0n) is 14.3. The zero-order chi connectivity index (χ0) is 19.6. The van der Waals surface area contributed by atoms with Crippen LogP contribution in [0.1, 0.15) is 6.92 Å². The standard InChI is InChI=1S/C18H16Cl2N6S/c1-9(2)5-14(24-8-21)26-17-16-13(3-4-23-17)25-18(27-16)15-11(19)6-10(22)7-12(15)20/h3-8H,1,22H2,2H3,(H2,21,24)(H,23,26)/b14-5+. The van der Waals surface area contributed by atoms with E-state index >= 15 is 0 Å². The van der Waals surface area contributed by atoms with E-state index in [2.05, 4.69) is 26.9 Å². The number of hydrogen-bond donors (Lipinski definition) is 3. The van der Waals surface area contributed by atoms with E-state index in [1.165, 1.54) is 17.7 Å². The molecule has 0 atom stereocenters. The van der Waals surface area contributed by atoms with Crippen molar-refractivity contribution in [3.8, 4) is 10.6 Å². The molecule has 138 valence electrons. The van der Waals surface area contributed by atoms with Crippen LogP contribution in [0.4, 0.5) is 11.5 Å². The Labute approximate surface area is 170 Å². The molecule has 0 aliphatic carbocycles. The Morgan fingerprint density at radius 1 is 1.33 bits per heavy atom. The fourth-order valence-electron chi connectivity index (χ4n) is 2.39. The maximum absolute atomic E-state index is 6.34. The van der Waals surface area contributed by atoms with Crippen LogP contribution in [-0.2, 0) is 0 Å². The normalized spacial score (nSPS) is 12.0. The molecule has 0 radical (unpaired) electrons. The summed E-state index contributed by atoms with van der Waals surface area (Å²) in [6, 6.07) is 5.11. The second kappa shape index (κ2) is 7.96. The quantitative estimate of drug-likeness (QED) is 0.232. The van der Waals surface area contributed by atoms with Crippen molar-refractivity contribution in [2.45, 2.75) is 6.92 Å². The number of rotatable bonds is 5. The molecule has 27 heavy (non-hydrogen) atoms. The highest BCUT2D eigenvalue weighted by Crippen LogP contribution is 2.41. The summed E-state index contributed by atoms with van der Waals surface area (Å²) in [6.07, 6.45) is 4.62. The number of fused-ring (bicyclic) bond motifs is 1. The van der Waals surface area contributed by atoms with Crippen LogP contribution in [0.15, 0.2) is 53.4 Å². The Hall–Kier alpha value is -2.61. The van der Waals surface area contributed by atoms with E-state index in [1.807, 2.05) is 13.0 Å². The molecule has 3 rings (SSSR count). The first-order valence-corrected chi connectivity index (χ1v) is 9.35. The Balaban J connectivity index is 2.10. The first-order chi connectivity index (χ1) is 12.9. The van der Waals surface area contributed by atoms with Crippen molar-refractivity contribution in [1.29, 1.82) is 0 Å². The maximum Gasteiger partial charge on any atom is 0.151 e. The second-order valence-corrected chi connectivity index (χ2v) is 7.48. The Bertz CT molecular complexity index is 1060. The van der Waals surface area contributed by atoms with Gasteiger partial charge in [0.2, 0.25) is 0 Å². The van der Waals surface area contributed by atoms with Gasteiger partial charge in [-0.3, -0.25) is 0 Å². The van der Waals surface area contributed by atoms with Gasteiger partial charge in [0.15, 0.2) is 5.82 Å². The van der Waals surface area contributed by atoms with E-state index in [1.54, 1.807) is 24.4 Å². The summed E-state index contributed by atoms with van der Waals surface area (Å²) in [4.78, 5) is 13.1. The van der Waals surface area contributed by atoms with Crippen LogP contribution in [-0.4, -0.2) is 16.3 Å². The predicted molar refractivity (Wildman–Crippen MR) is 116 cm³/mol. The summed E-state index contributed by atoms with van der Waals surface area (Å²) in [5.74, 6) is 1.11. The second-order valence-electron chi connectivity index (χ2n) is 5.67. The predicted octanol–water partition coefficient (Wildman–Crippen LogP) is 5.06. The molecule has 0 fully saturated rings. The van der Waals surface area contributed by atoms with E-state index in [0.717, 1.165) is 15.8 Å². The van der Waals surface area contributed by atoms with Crippen LogP contribution in [0.3, 0.4) is 0 Å². The molecule has 0 saturated carbocycles. The molecular weight excluding hydrogens is 403 g/mol. The summed E-state index contributed by atoms with van der Waals surface area (Å²) in [7, 11) is 0. The van der Waals surface area contributed by atoms with Gasteiger partial charge in [0.1, 0.15) is 10.8 Å². The highest BCUT2D eigenvalue weighted by Gasteiger charge is 2.17. The minimum absolute atomic E-state index is 0.442. The molecular formula is C18H16Cl2N6S. The molecule has 2 aromatic heterocycles. The SMILES string of the molecule is C=C(C)/C=C(\N=CN)Nc1nccc2nc(-c3c(Cl)cc(N)cc3Cl)sc12. The van der Waals surface area contributed by atoms with E-state index in [9.17, 15) is 0 Å². The summed E-state index contributed by atoms with van der Waals surface area (Å²) < 4.78 is 0.830. The minimum atomic E-state index is 0.442. The van der Waals surface area contributed by atoms with Gasteiger partial charge < -0.3 is 16.8 Å². The van der Waals surface area contributed by atoms with Gasteiger partial charge in [-0.1, -0.05) is 35.4 Å². The first-order valence-electron chi connectivity index (χ1n) is 7.78. The van der Waals surface area contributed by atoms with Gasteiger partial charge in [-0.15, -0.1) is 11.3 Å². The lowest BCUT2D eigenvalue weighted by molar-refractivity contribution is 1.24. The van der Waals surface area contributed by atoms with Gasteiger partial charge in [0, 0.05) is 17.4 Å². The number of nitrogens with one attached hydrogen (secondary N) is 1. The number of anilines is 2. The highest BCUT2D eigenvalue weighted by atomic mass is 35.5. The number of aliphatic imine (C=N–C) groups is 1. The summed E-state index contributed by atoms with van der Waals surface area (Å²) in [6.45, 7) is 5.71. The lowest BCUT2D eigenvalue weighted by atomic mass is 10.2. The van der Waals surface area contributed by atoms with E-state index < -0.39 is 0 Å². The number of nitrogens with two attached hydrogens (primary N) is 2. The first kappa shape index (κ1) is 19.2. The van der Waals surface area contributed by atoms with Crippen molar-refractivity contribution in [1.82, 2.24) is 9.97 Å². The van der Waals surface area contributed by atoms with Crippen molar-refractivity contribution in [3.63, 3.8) is 0 Å². The van der Waals surface area contributed by atoms with E-state index in [-0.39, 0.29) is 0 Å². The Kier molecular flexibility index (Phi) is 5.65. The van der Waals surface area contributed by atoms with Crippen molar-refractivity contribution < 1.29 is 0 Å². The van der Waals surface area contributed by atoms with Crippen LogP contribution in [0.5, 0.6) is 0 Å². The molecule has 5 N–H and O–H groups in total. The molecule has 0 unspecified atom stereocenters. The van der Waals surface area contributed by atoms with Gasteiger partial charge in [-0.2, -0.15) is 0 Å². The smallest absolute Gasteiger partial charge is 0.151 e. The Morgan fingerprint density at radius 3 is 2.67 bits per heavy atom. The average molecular weight is 419 g/mol. The minimum Gasteiger partial charge on any atom is -0.399 e. The molecule has 0 amide bonds. The molecule has 9 heteroatoms. The third kappa shape index (κ3) is 4.21. The van der Waals surface area contributed by atoms with Crippen LogP contribution in [0, 0.1) is 0 Å². The van der Waals surface area contributed by atoms with Crippen molar-refractivity contribution in [2.24, 2.45) is 10.7 Å². The molecule has 1 aromatic carbocycles. The van der Waals surface area contributed by atoms with Crippen LogP contribution >= 0.6 is 34.5 Å². The molecule has 2 heterocycles. The largest absolute Gasteiger partial charge is 0.399 e. The molecule has 3 aromatic rings. The van der Waals surface area contributed by atoms with Gasteiger partial charge >= 0.3 is 0 Å². The lowest BCUT2D eigenvalue weighted by Gasteiger charge is -2.06. The molecule has 0 aliphatic rings. The van der Waals surface area contributed by atoms with Gasteiger partial charge in [-0.25, -0.2) is 15.0 Å². The topological polar surface area (TPSA) is 102 Å². The van der Waals surface area contributed by atoms with Gasteiger partial charge in [0.05, 0.1) is 26.6 Å². The number of nitrogens with zero attached hydrogens (tertiary/aromatic N) is 3. The third-order valence-corrected chi connectivity index (χ3v) is 5.12. The average Bonchev–Trinajstić information content (AvgIpc) is 2.98. The fraction of sp³-hybridized carbons (Fsp3) is 0.0556. The van der Waals surface area contributed by atoms with Crippen molar-refractivity contribution in [2.75, 3.05) is 11.1 Å². The number of aromatic nitrogens is 2. The molecule has 0 spiro atoms. The van der Waals surface area contributed by atoms with Crippen molar-refractivity contribution >= 4 is 62.6 Å². The fourth-order valence-corrected chi connectivity index (χ4v) is 4.26. The number of nitrogen functional groups attached to an aromatic ring is 1. The highest BCUT2D eigenvalue weighted by molar-refractivity contribution is 7.22. The number of benzene rings is 1. The number of hydrogen-bond acceptors (Lipinski definition) is 6. The van der Waals surface area contributed by atoms with Crippen molar-refractivity contribution in [3.05, 3.63) is 58.5 Å². The third-order valence-electron chi connectivity index (χ3n) is 3.43. The molecule has 6 nitrogen and oxygen atoms in total. The summed E-state index contributed by atoms with van der Waals surface area (Å²) in [5, 5.41) is 4.71. The number of allylic oxidation sites excluding steroid dienone is 2. The van der Waals surface area contributed by atoms with Gasteiger partial charge in [0.25, 0.3) is 0 Å². The monoisotopic (exact) mass is 418 g/mol. The van der Waals surface area contributed by atoms with Crippen LogP contribution in [0.2, 0.25) is 10.0 Å². The van der Waals surface area contributed by atoms with Crippen LogP contribution in [0.25, 0.3) is 20.8 Å². The number of thiazole rings is 1. The van der Waals surface area contributed by atoms with Gasteiger partial charge in [-0.05, 0) is 31.2 Å². The maximum atomic E-state index is 6.34. The zero-order valence-corrected chi connectivity index (χ0v) is 16.7. The lowest BCUT2D eigenvalue weighted by Crippen LogP contribution is -2.02. The van der Waals surface area contributed by atoms with Crippen LogP contribution < -0.4 is 16.8 Å². The Morgan fingerprint density at radius 2 is 2.04 bits per heavy atom. The number of pyridine rings is 1. The number of halogens is 2. The molecule has 0 aliphatic heterocycles. The van der Waals surface area contributed by atoms with E-state index in [4.69, 9.17) is 34.7 Å². The molecule has 0 bridgehead atoms.